The van der Waals surface area contributed by atoms with E-state index < -0.39 is 5.97 Å². The summed E-state index contributed by atoms with van der Waals surface area (Å²) in [5.41, 5.74) is 0.708. The van der Waals surface area contributed by atoms with Crippen LogP contribution in [0, 0.1) is 0 Å². The summed E-state index contributed by atoms with van der Waals surface area (Å²) in [4.78, 5) is 28.0. The summed E-state index contributed by atoms with van der Waals surface area (Å²) in [5, 5.41) is 4.34. The van der Waals surface area contributed by atoms with E-state index in [1.807, 2.05) is 30.3 Å². The molecule has 3 rings (SSSR count). The van der Waals surface area contributed by atoms with Gasteiger partial charge in [-0.2, -0.15) is 0 Å². The SMILES string of the molecule is COC(=O)c1cccc(=O)n1Cc1ncn(-c2ccccc2)n1. The highest BCUT2D eigenvalue weighted by atomic mass is 16.5. The number of pyridine rings is 1. The summed E-state index contributed by atoms with van der Waals surface area (Å²) in [6, 6.07) is 13.9. The van der Waals surface area contributed by atoms with Crippen LogP contribution < -0.4 is 5.56 Å². The zero-order valence-corrected chi connectivity index (χ0v) is 12.4. The Labute approximate surface area is 131 Å². The summed E-state index contributed by atoms with van der Waals surface area (Å²) >= 11 is 0. The summed E-state index contributed by atoms with van der Waals surface area (Å²) in [6.45, 7) is 0.0872. The van der Waals surface area contributed by atoms with Crippen molar-refractivity contribution in [1.82, 2.24) is 19.3 Å². The number of rotatable bonds is 4. The van der Waals surface area contributed by atoms with Gasteiger partial charge in [-0.3, -0.25) is 9.36 Å². The fourth-order valence-corrected chi connectivity index (χ4v) is 2.18. The van der Waals surface area contributed by atoms with E-state index in [0.717, 1.165) is 5.69 Å². The van der Waals surface area contributed by atoms with E-state index in [1.54, 1.807) is 11.0 Å². The highest BCUT2D eigenvalue weighted by molar-refractivity contribution is 5.87. The first-order valence-electron chi connectivity index (χ1n) is 6.93. The molecule has 7 nitrogen and oxygen atoms in total. The first-order valence-corrected chi connectivity index (χ1v) is 6.93. The Kier molecular flexibility index (Phi) is 4.01. The van der Waals surface area contributed by atoms with E-state index in [1.165, 1.54) is 29.9 Å². The van der Waals surface area contributed by atoms with E-state index in [2.05, 4.69) is 10.1 Å². The number of carbonyl (C=O) groups is 1. The number of ether oxygens (including phenoxy) is 1. The largest absolute Gasteiger partial charge is 0.464 e. The van der Waals surface area contributed by atoms with E-state index >= 15 is 0 Å². The van der Waals surface area contributed by atoms with Crippen molar-refractivity contribution in [3.05, 3.63) is 76.7 Å². The van der Waals surface area contributed by atoms with Gasteiger partial charge >= 0.3 is 5.97 Å². The van der Waals surface area contributed by atoms with Crippen molar-refractivity contribution in [2.75, 3.05) is 7.11 Å². The lowest BCUT2D eigenvalue weighted by Gasteiger charge is -2.08. The van der Waals surface area contributed by atoms with Crippen LogP contribution in [0.15, 0.2) is 59.7 Å². The first-order chi connectivity index (χ1) is 11.2. The van der Waals surface area contributed by atoms with Crippen LogP contribution in [0.3, 0.4) is 0 Å². The minimum atomic E-state index is -0.579. The van der Waals surface area contributed by atoms with Crippen molar-refractivity contribution < 1.29 is 9.53 Å². The highest BCUT2D eigenvalue weighted by Crippen LogP contribution is 2.06. The highest BCUT2D eigenvalue weighted by Gasteiger charge is 2.14. The van der Waals surface area contributed by atoms with E-state index in [-0.39, 0.29) is 17.8 Å². The summed E-state index contributed by atoms with van der Waals surface area (Å²) in [6.07, 6.45) is 1.57. The average molecular weight is 310 g/mol. The van der Waals surface area contributed by atoms with E-state index in [0.29, 0.717) is 5.82 Å². The molecule has 0 aliphatic heterocycles. The Balaban J connectivity index is 1.93. The minimum Gasteiger partial charge on any atom is -0.464 e. The van der Waals surface area contributed by atoms with E-state index in [4.69, 9.17) is 4.74 Å². The van der Waals surface area contributed by atoms with Crippen LogP contribution >= 0.6 is 0 Å². The van der Waals surface area contributed by atoms with Crippen LogP contribution in [0.4, 0.5) is 0 Å². The van der Waals surface area contributed by atoms with Gasteiger partial charge in [0.1, 0.15) is 12.0 Å². The molecule has 0 bridgehead atoms. The summed E-state index contributed by atoms with van der Waals surface area (Å²) in [7, 11) is 1.27. The van der Waals surface area contributed by atoms with Gasteiger partial charge in [-0.25, -0.2) is 14.5 Å². The second-order valence-corrected chi connectivity index (χ2v) is 4.77. The number of esters is 1. The molecular formula is C16H14N4O3. The van der Waals surface area contributed by atoms with Crippen LogP contribution in [0.25, 0.3) is 5.69 Å². The second kappa shape index (κ2) is 6.27. The lowest BCUT2D eigenvalue weighted by molar-refractivity contribution is 0.0587. The first kappa shape index (κ1) is 14.7. The van der Waals surface area contributed by atoms with Crippen molar-refractivity contribution in [1.29, 1.82) is 0 Å². The number of methoxy groups -OCH3 is 1. The Morgan fingerprint density at radius 2 is 1.91 bits per heavy atom. The number of nitrogens with zero attached hydrogens (tertiary/aromatic N) is 4. The van der Waals surface area contributed by atoms with Crippen LogP contribution in [-0.2, 0) is 11.3 Å². The van der Waals surface area contributed by atoms with Gasteiger partial charge in [-0.15, -0.1) is 5.10 Å². The molecule has 116 valence electrons. The van der Waals surface area contributed by atoms with Crippen molar-refractivity contribution >= 4 is 5.97 Å². The van der Waals surface area contributed by atoms with Gasteiger partial charge in [0.15, 0.2) is 5.82 Å². The molecule has 0 atom stereocenters. The number of aromatic nitrogens is 4. The maximum atomic E-state index is 12.0. The molecule has 0 aliphatic carbocycles. The fraction of sp³-hybridized carbons (Fsp3) is 0.125. The molecule has 0 spiro atoms. The maximum absolute atomic E-state index is 12.0. The maximum Gasteiger partial charge on any atom is 0.354 e. The molecule has 0 saturated heterocycles. The van der Waals surface area contributed by atoms with Crippen LogP contribution in [0.5, 0.6) is 0 Å². The van der Waals surface area contributed by atoms with Gasteiger partial charge < -0.3 is 4.74 Å². The standard InChI is InChI=1S/C16H14N4O3/c1-23-16(22)13-8-5-9-15(21)19(13)10-14-17-11-20(18-14)12-6-3-2-4-7-12/h2-9,11H,10H2,1H3. The third-order valence-electron chi connectivity index (χ3n) is 3.30. The zero-order chi connectivity index (χ0) is 16.2. The predicted molar refractivity (Wildman–Crippen MR) is 82.5 cm³/mol. The second-order valence-electron chi connectivity index (χ2n) is 4.77. The normalized spacial score (nSPS) is 10.5. The van der Waals surface area contributed by atoms with Gasteiger partial charge in [0.25, 0.3) is 5.56 Å². The van der Waals surface area contributed by atoms with Gasteiger partial charge in [0.2, 0.25) is 0 Å². The van der Waals surface area contributed by atoms with Crippen LogP contribution in [0.2, 0.25) is 0 Å². The zero-order valence-electron chi connectivity index (χ0n) is 12.4. The third kappa shape index (κ3) is 3.03. The smallest absolute Gasteiger partial charge is 0.354 e. The Hall–Kier alpha value is -3.22. The Bertz CT molecular complexity index is 884. The number of benzene rings is 1. The van der Waals surface area contributed by atoms with Gasteiger partial charge in [-0.05, 0) is 18.2 Å². The third-order valence-corrected chi connectivity index (χ3v) is 3.30. The topological polar surface area (TPSA) is 79.0 Å². The molecule has 0 saturated carbocycles. The van der Waals surface area contributed by atoms with Crippen molar-refractivity contribution in [3.63, 3.8) is 0 Å². The lowest BCUT2D eigenvalue weighted by Crippen LogP contribution is -2.26. The summed E-state index contributed by atoms with van der Waals surface area (Å²) in [5.74, 6) is -0.155. The monoisotopic (exact) mass is 310 g/mol. The molecule has 0 aliphatic rings. The predicted octanol–water partition coefficient (Wildman–Crippen LogP) is 1.26. The molecule has 0 unspecified atom stereocenters. The number of para-hydroxylation sites is 1. The van der Waals surface area contributed by atoms with Gasteiger partial charge in [0.05, 0.1) is 19.3 Å². The Morgan fingerprint density at radius 3 is 2.65 bits per heavy atom. The molecule has 0 N–H and O–H groups in total. The molecule has 2 heterocycles. The molecule has 23 heavy (non-hydrogen) atoms. The number of hydrogen-bond donors (Lipinski definition) is 0. The quantitative estimate of drug-likeness (QED) is 0.678. The molecule has 2 aromatic heterocycles. The molecule has 3 aromatic rings. The molecule has 0 amide bonds. The summed E-state index contributed by atoms with van der Waals surface area (Å²) < 4.78 is 7.60. The van der Waals surface area contributed by atoms with Gasteiger partial charge in [0, 0.05) is 6.07 Å². The minimum absolute atomic E-state index is 0.0872. The molecule has 0 fully saturated rings. The van der Waals surface area contributed by atoms with Crippen LogP contribution in [0.1, 0.15) is 16.3 Å². The van der Waals surface area contributed by atoms with Gasteiger partial charge in [-0.1, -0.05) is 24.3 Å². The Morgan fingerprint density at radius 1 is 1.13 bits per heavy atom. The van der Waals surface area contributed by atoms with Crippen molar-refractivity contribution in [3.8, 4) is 5.69 Å². The molecule has 1 aromatic carbocycles. The van der Waals surface area contributed by atoms with Crippen molar-refractivity contribution in [2.24, 2.45) is 0 Å². The lowest BCUT2D eigenvalue weighted by atomic mass is 10.3. The average Bonchev–Trinajstić information content (AvgIpc) is 3.05. The van der Waals surface area contributed by atoms with E-state index in [9.17, 15) is 9.59 Å². The van der Waals surface area contributed by atoms with Crippen molar-refractivity contribution in [2.45, 2.75) is 6.54 Å². The number of hydrogen-bond acceptors (Lipinski definition) is 5. The molecule has 0 radical (unpaired) electrons. The fourth-order valence-electron chi connectivity index (χ4n) is 2.18. The molecular weight excluding hydrogens is 296 g/mol. The van der Waals surface area contributed by atoms with Crippen LogP contribution in [-0.4, -0.2) is 32.4 Å². The molecule has 7 heteroatoms. The number of carbonyl (C=O) groups excluding carboxylic acids is 1.